The molecule has 7 heteroatoms. The van der Waals surface area contributed by atoms with Crippen molar-refractivity contribution in [2.75, 3.05) is 6.54 Å². The first-order chi connectivity index (χ1) is 15.4. The van der Waals surface area contributed by atoms with Crippen molar-refractivity contribution in [2.24, 2.45) is 0 Å². The Morgan fingerprint density at radius 3 is 2.50 bits per heavy atom. The third-order valence-electron chi connectivity index (χ3n) is 5.91. The molecular weight excluding hydrogens is 415 g/mol. The first kappa shape index (κ1) is 20.5. The Morgan fingerprint density at radius 1 is 0.969 bits per heavy atom. The molecule has 4 nitrogen and oxygen atoms in total. The predicted molar refractivity (Wildman–Crippen MR) is 117 cm³/mol. The van der Waals surface area contributed by atoms with E-state index in [1.165, 1.54) is 28.5 Å². The standard InChI is InChI=1S/C25H20F3N3O/c26-25(27,28)19-10-8-17(9-11-19)23-29-22-15-31(13-12-21(22)24(32)30-23)14-18-6-3-5-16-4-1-2-7-20(16)18/h1-11H,12-15H2,(H,29,30,32). The molecule has 1 aliphatic heterocycles. The van der Waals surface area contributed by atoms with E-state index in [2.05, 4.69) is 39.1 Å². The van der Waals surface area contributed by atoms with Crippen LogP contribution in [0.25, 0.3) is 22.2 Å². The average molecular weight is 435 g/mol. The van der Waals surface area contributed by atoms with Crippen LogP contribution in [0.4, 0.5) is 13.2 Å². The molecule has 3 aromatic carbocycles. The Kier molecular flexibility index (Phi) is 5.06. The highest BCUT2D eigenvalue weighted by molar-refractivity contribution is 5.85. The van der Waals surface area contributed by atoms with Crippen LogP contribution in [0.3, 0.4) is 0 Å². The second kappa shape index (κ2) is 7.91. The van der Waals surface area contributed by atoms with E-state index in [1.54, 1.807) is 0 Å². The smallest absolute Gasteiger partial charge is 0.306 e. The number of hydrogen-bond donors (Lipinski definition) is 1. The summed E-state index contributed by atoms with van der Waals surface area (Å²) >= 11 is 0. The molecule has 2 heterocycles. The number of rotatable bonds is 3. The van der Waals surface area contributed by atoms with E-state index in [4.69, 9.17) is 0 Å². The van der Waals surface area contributed by atoms with Gasteiger partial charge in [-0.2, -0.15) is 13.2 Å². The largest absolute Gasteiger partial charge is 0.416 e. The van der Waals surface area contributed by atoms with Crippen molar-refractivity contribution in [3.05, 3.63) is 99.5 Å². The molecule has 5 rings (SSSR count). The lowest BCUT2D eigenvalue weighted by Crippen LogP contribution is -2.35. The SMILES string of the molecule is O=c1[nH]c(-c2ccc(C(F)(F)F)cc2)nc2c1CCN(Cc1cccc3ccccc13)C2. The zero-order valence-electron chi connectivity index (χ0n) is 17.1. The normalized spacial score (nSPS) is 14.5. The molecule has 1 N–H and O–H groups in total. The molecule has 1 aliphatic rings. The molecule has 162 valence electrons. The third kappa shape index (κ3) is 3.91. The molecule has 0 saturated carbocycles. The summed E-state index contributed by atoms with van der Waals surface area (Å²) in [4.78, 5) is 22.2. The van der Waals surface area contributed by atoms with Gasteiger partial charge in [-0.3, -0.25) is 9.69 Å². The Morgan fingerprint density at radius 2 is 1.72 bits per heavy atom. The topological polar surface area (TPSA) is 49.0 Å². The van der Waals surface area contributed by atoms with E-state index in [-0.39, 0.29) is 11.4 Å². The average Bonchev–Trinajstić information content (AvgIpc) is 2.79. The van der Waals surface area contributed by atoms with E-state index in [1.807, 2.05) is 18.2 Å². The maximum atomic E-state index is 12.9. The number of H-pyrrole nitrogens is 1. The monoisotopic (exact) mass is 435 g/mol. The summed E-state index contributed by atoms with van der Waals surface area (Å²) in [5.41, 5.74) is 2.02. The Balaban J connectivity index is 1.43. The van der Waals surface area contributed by atoms with Crippen molar-refractivity contribution in [2.45, 2.75) is 25.7 Å². The van der Waals surface area contributed by atoms with Crippen LogP contribution in [-0.2, 0) is 25.7 Å². The van der Waals surface area contributed by atoms with Gasteiger partial charge in [0.15, 0.2) is 0 Å². The summed E-state index contributed by atoms with van der Waals surface area (Å²) in [6, 6.07) is 19.1. The predicted octanol–water partition coefficient (Wildman–Crippen LogP) is 5.17. The van der Waals surface area contributed by atoms with Crippen LogP contribution in [-0.4, -0.2) is 21.4 Å². The maximum absolute atomic E-state index is 12.9. The van der Waals surface area contributed by atoms with Crippen LogP contribution < -0.4 is 5.56 Å². The summed E-state index contributed by atoms with van der Waals surface area (Å²) in [5.74, 6) is 0.287. The van der Waals surface area contributed by atoms with Crippen molar-refractivity contribution in [3.8, 4) is 11.4 Å². The summed E-state index contributed by atoms with van der Waals surface area (Å²) in [6.07, 6.45) is -3.83. The van der Waals surface area contributed by atoms with Crippen LogP contribution in [0.5, 0.6) is 0 Å². The Bertz CT molecular complexity index is 1340. The van der Waals surface area contributed by atoms with E-state index in [9.17, 15) is 18.0 Å². The molecule has 0 bridgehead atoms. The van der Waals surface area contributed by atoms with Gasteiger partial charge in [0.05, 0.1) is 11.3 Å². The number of aromatic nitrogens is 2. The van der Waals surface area contributed by atoms with Crippen molar-refractivity contribution in [3.63, 3.8) is 0 Å². The van der Waals surface area contributed by atoms with Gasteiger partial charge in [0.2, 0.25) is 0 Å². The molecule has 0 atom stereocenters. The number of nitrogens with zero attached hydrogens (tertiary/aromatic N) is 2. The van der Waals surface area contributed by atoms with Crippen LogP contribution >= 0.6 is 0 Å². The van der Waals surface area contributed by atoms with Crippen LogP contribution in [0.2, 0.25) is 0 Å². The van der Waals surface area contributed by atoms with Crippen LogP contribution in [0.15, 0.2) is 71.5 Å². The maximum Gasteiger partial charge on any atom is 0.416 e. The lowest BCUT2D eigenvalue weighted by atomic mass is 10.0. The highest BCUT2D eigenvalue weighted by Gasteiger charge is 2.30. The fraction of sp³-hybridized carbons (Fsp3) is 0.200. The fourth-order valence-electron chi connectivity index (χ4n) is 4.25. The van der Waals surface area contributed by atoms with E-state index in [0.717, 1.165) is 25.2 Å². The molecule has 0 aliphatic carbocycles. The molecule has 0 amide bonds. The first-order valence-electron chi connectivity index (χ1n) is 10.4. The summed E-state index contributed by atoms with van der Waals surface area (Å²) in [6.45, 7) is 1.97. The summed E-state index contributed by atoms with van der Waals surface area (Å²) in [5, 5.41) is 2.38. The minimum atomic E-state index is -4.41. The van der Waals surface area contributed by atoms with Crippen LogP contribution in [0, 0.1) is 0 Å². The van der Waals surface area contributed by atoms with Gasteiger partial charge in [0.1, 0.15) is 5.82 Å². The molecule has 0 unspecified atom stereocenters. The van der Waals surface area contributed by atoms with Gasteiger partial charge in [0.25, 0.3) is 5.56 Å². The molecule has 0 saturated heterocycles. The molecule has 0 fully saturated rings. The van der Waals surface area contributed by atoms with Crippen molar-refractivity contribution >= 4 is 10.8 Å². The summed E-state index contributed by atoms with van der Waals surface area (Å²) < 4.78 is 38.6. The Labute approximate surface area is 182 Å². The number of hydrogen-bond acceptors (Lipinski definition) is 3. The fourth-order valence-corrected chi connectivity index (χ4v) is 4.25. The minimum Gasteiger partial charge on any atom is -0.306 e. The van der Waals surface area contributed by atoms with Crippen molar-refractivity contribution < 1.29 is 13.2 Å². The van der Waals surface area contributed by atoms with Gasteiger partial charge in [-0.15, -0.1) is 0 Å². The van der Waals surface area contributed by atoms with Crippen LogP contribution in [0.1, 0.15) is 22.4 Å². The zero-order chi connectivity index (χ0) is 22.3. The van der Waals surface area contributed by atoms with Gasteiger partial charge in [0, 0.05) is 30.8 Å². The van der Waals surface area contributed by atoms with Crippen molar-refractivity contribution in [1.29, 1.82) is 0 Å². The second-order valence-electron chi connectivity index (χ2n) is 8.01. The zero-order valence-corrected chi connectivity index (χ0v) is 17.1. The van der Waals surface area contributed by atoms with Gasteiger partial charge in [-0.05, 0) is 34.9 Å². The van der Waals surface area contributed by atoms with E-state index < -0.39 is 11.7 Å². The molecule has 0 spiro atoms. The number of fused-ring (bicyclic) bond motifs is 2. The molecule has 4 aromatic rings. The molecule has 1 aromatic heterocycles. The second-order valence-corrected chi connectivity index (χ2v) is 8.01. The van der Waals surface area contributed by atoms with Gasteiger partial charge < -0.3 is 4.98 Å². The highest BCUT2D eigenvalue weighted by Crippen LogP contribution is 2.30. The summed E-state index contributed by atoms with van der Waals surface area (Å²) in [7, 11) is 0. The lowest BCUT2D eigenvalue weighted by Gasteiger charge is -2.28. The Hall–Kier alpha value is -3.45. The number of benzene rings is 3. The molecule has 0 radical (unpaired) electrons. The third-order valence-corrected chi connectivity index (χ3v) is 5.91. The van der Waals surface area contributed by atoms with Gasteiger partial charge in [-0.25, -0.2) is 4.98 Å². The first-order valence-corrected chi connectivity index (χ1v) is 10.4. The lowest BCUT2D eigenvalue weighted by molar-refractivity contribution is -0.137. The highest BCUT2D eigenvalue weighted by atomic mass is 19.4. The number of halogens is 3. The van der Waals surface area contributed by atoms with E-state index in [0.29, 0.717) is 29.8 Å². The minimum absolute atomic E-state index is 0.227. The molecular formula is C25H20F3N3O. The van der Waals surface area contributed by atoms with Crippen molar-refractivity contribution in [1.82, 2.24) is 14.9 Å². The van der Waals surface area contributed by atoms with Gasteiger partial charge in [-0.1, -0.05) is 54.6 Å². The van der Waals surface area contributed by atoms with Gasteiger partial charge >= 0.3 is 6.18 Å². The number of aromatic amines is 1. The quantitative estimate of drug-likeness (QED) is 0.483. The number of nitrogens with one attached hydrogen (secondary N) is 1. The van der Waals surface area contributed by atoms with E-state index >= 15 is 0 Å². The number of alkyl halides is 3. The molecule has 32 heavy (non-hydrogen) atoms.